The fourth-order valence-electron chi connectivity index (χ4n) is 1.88. The third kappa shape index (κ3) is 4.63. The molecule has 2 aromatic carbocycles. The number of hydrogen-bond donors (Lipinski definition) is 2. The summed E-state index contributed by atoms with van der Waals surface area (Å²) in [6.45, 7) is -0.0490. The van der Waals surface area contributed by atoms with Gasteiger partial charge in [-0.25, -0.2) is 9.18 Å². The van der Waals surface area contributed by atoms with Crippen LogP contribution in [0.15, 0.2) is 47.4 Å². The van der Waals surface area contributed by atoms with E-state index in [4.69, 9.17) is 5.26 Å². The van der Waals surface area contributed by atoms with Gasteiger partial charge >= 0.3 is 6.03 Å². The molecule has 2 amide bonds. The molecule has 0 fully saturated rings. The number of halogens is 1. The van der Waals surface area contributed by atoms with Gasteiger partial charge in [0.2, 0.25) is 0 Å². The normalized spacial score (nSPS) is 11.3. The molecule has 0 unspecified atom stereocenters. The highest BCUT2D eigenvalue weighted by Gasteiger charge is 2.07. The number of hydrogen-bond acceptors (Lipinski definition) is 3. The van der Waals surface area contributed by atoms with Gasteiger partial charge in [-0.3, -0.25) is 4.21 Å². The second-order valence-corrected chi connectivity index (χ2v) is 6.09. The Bertz CT molecular complexity index is 802. The molecule has 23 heavy (non-hydrogen) atoms. The standard InChI is InChI=1S/C16H14FN3O2S/c1-23(22)14-4-2-3-13(8-14)20-16(21)19-10-12-7-11(9-18)5-6-15(12)17/h2-8H,10H2,1H3,(H2,19,20,21)/t23-/m0/s1. The van der Waals surface area contributed by atoms with Crippen molar-refractivity contribution in [3.8, 4) is 6.07 Å². The molecule has 2 N–H and O–H groups in total. The largest absolute Gasteiger partial charge is 0.334 e. The lowest BCUT2D eigenvalue weighted by atomic mass is 10.1. The molecule has 2 rings (SSSR count). The number of nitriles is 1. The molecule has 0 saturated carbocycles. The zero-order chi connectivity index (χ0) is 16.8. The Labute approximate surface area is 135 Å². The topological polar surface area (TPSA) is 82.0 Å². The van der Waals surface area contributed by atoms with Gasteiger partial charge in [-0.2, -0.15) is 5.26 Å². The van der Waals surface area contributed by atoms with Crippen molar-refractivity contribution >= 4 is 22.5 Å². The molecule has 0 aliphatic carbocycles. The predicted molar refractivity (Wildman–Crippen MR) is 85.7 cm³/mol. The molecular formula is C16H14FN3O2S. The Kier molecular flexibility index (Phi) is 5.44. The lowest BCUT2D eigenvalue weighted by Gasteiger charge is -2.09. The number of anilines is 1. The van der Waals surface area contributed by atoms with Gasteiger partial charge in [0.1, 0.15) is 5.82 Å². The second kappa shape index (κ2) is 7.51. The van der Waals surface area contributed by atoms with E-state index in [9.17, 15) is 13.4 Å². The van der Waals surface area contributed by atoms with Crippen molar-refractivity contribution in [2.24, 2.45) is 0 Å². The summed E-state index contributed by atoms with van der Waals surface area (Å²) in [5.74, 6) is -0.493. The lowest BCUT2D eigenvalue weighted by molar-refractivity contribution is 0.251. The summed E-state index contributed by atoms with van der Waals surface area (Å²) in [4.78, 5) is 12.4. The number of carbonyl (C=O) groups excluding carboxylic acids is 1. The van der Waals surface area contributed by atoms with E-state index >= 15 is 0 Å². The zero-order valence-corrected chi connectivity index (χ0v) is 13.1. The molecule has 1 atom stereocenters. The summed E-state index contributed by atoms with van der Waals surface area (Å²) in [6, 6.07) is 12.0. The third-order valence-corrected chi connectivity index (χ3v) is 3.96. The average Bonchev–Trinajstić information content (AvgIpc) is 2.54. The van der Waals surface area contributed by atoms with Crippen molar-refractivity contribution in [3.05, 3.63) is 59.4 Å². The van der Waals surface area contributed by atoms with Gasteiger partial charge in [0.25, 0.3) is 0 Å². The number of nitrogens with zero attached hydrogens (tertiary/aromatic N) is 1. The molecule has 0 bridgehead atoms. The maximum Gasteiger partial charge on any atom is 0.319 e. The van der Waals surface area contributed by atoms with Crippen molar-refractivity contribution in [1.82, 2.24) is 5.32 Å². The van der Waals surface area contributed by atoms with Crippen LogP contribution in [0.5, 0.6) is 0 Å². The first kappa shape index (κ1) is 16.6. The highest BCUT2D eigenvalue weighted by Crippen LogP contribution is 2.13. The quantitative estimate of drug-likeness (QED) is 0.904. The van der Waals surface area contributed by atoms with Gasteiger partial charge < -0.3 is 10.6 Å². The molecule has 0 saturated heterocycles. The van der Waals surface area contributed by atoms with Crippen LogP contribution < -0.4 is 10.6 Å². The van der Waals surface area contributed by atoms with E-state index in [0.29, 0.717) is 16.1 Å². The van der Waals surface area contributed by atoms with Crippen molar-refractivity contribution < 1.29 is 13.4 Å². The molecule has 118 valence electrons. The third-order valence-electron chi connectivity index (χ3n) is 3.04. The minimum absolute atomic E-state index is 0.0490. The van der Waals surface area contributed by atoms with E-state index in [1.807, 2.05) is 6.07 Å². The summed E-state index contributed by atoms with van der Waals surface area (Å²) in [5, 5.41) is 13.9. The lowest BCUT2D eigenvalue weighted by Crippen LogP contribution is -2.28. The minimum Gasteiger partial charge on any atom is -0.334 e. The smallest absolute Gasteiger partial charge is 0.319 e. The summed E-state index contributed by atoms with van der Waals surface area (Å²) in [6.07, 6.45) is 1.55. The Morgan fingerprint density at radius 3 is 2.78 bits per heavy atom. The SMILES string of the molecule is C[S@](=O)c1cccc(NC(=O)NCc2cc(C#N)ccc2F)c1. The Morgan fingerprint density at radius 1 is 1.30 bits per heavy atom. The van der Waals surface area contributed by atoms with Crippen LogP contribution in [0.4, 0.5) is 14.9 Å². The van der Waals surface area contributed by atoms with Gasteiger partial charge in [-0.05, 0) is 36.4 Å². The first-order chi connectivity index (χ1) is 11.0. The van der Waals surface area contributed by atoms with E-state index < -0.39 is 22.6 Å². The van der Waals surface area contributed by atoms with Crippen LogP contribution in [0.25, 0.3) is 0 Å². The second-order valence-electron chi connectivity index (χ2n) is 4.71. The molecule has 0 heterocycles. The number of carbonyl (C=O) groups is 1. The number of amides is 2. The van der Waals surface area contributed by atoms with Crippen LogP contribution in [0.1, 0.15) is 11.1 Å². The van der Waals surface area contributed by atoms with Crippen LogP contribution in [0.2, 0.25) is 0 Å². The van der Waals surface area contributed by atoms with Crippen molar-refractivity contribution in [1.29, 1.82) is 5.26 Å². The number of rotatable bonds is 4. The molecule has 0 aliphatic heterocycles. The van der Waals surface area contributed by atoms with Crippen LogP contribution in [-0.4, -0.2) is 16.5 Å². The summed E-state index contributed by atoms with van der Waals surface area (Å²) in [7, 11) is -1.15. The highest BCUT2D eigenvalue weighted by molar-refractivity contribution is 7.84. The Balaban J connectivity index is 1.99. The minimum atomic E-state index is -1.15. The molecule has 0 radical (unpaired) electrons. The zero-order valence-electron chi connectivity index (χ0n) is 12.3. The van der Waals surface area contributed by atoms with Crippen LogP contribution in [0.3, 0.4) is 0 Å². The highest BCUT2D eigenvalue weighted by atomic mass is 32.2. The first-order valence-electron chi connectivity index (χ1n) is 6.66. The van der Waals surface area contributed by atoms with Gasteiger partial charge in [-0.15, -0.1) is 0 Å². The van der Waals surface area contributed by atoms with Crippen LogP contribution >= 0.6 is 0 Å². The summed E-state index contributed by atoms with van der Waals surface area (Å²) in [5.41, 5.74) is 1.03. The van der Waals surface area contributed by atoms with E-state index in [-0.39, 0.29) is 12.1 Å². The number of benzene rings is 2. The Hall–Kier alpha value is -2.72. The van der Waals surface area contributed by atoms with Crippen molar-refractivity contribution in [2.45, 2.75) is 11.4 Å². The monoisotopic (exact) mass is 331 g/mol. The molecule has 5 nitrogen and oxygen atoms in total. The number of urea groups is 1. The van der Waals surface area contributed by atoms with E-state index in [2.05, 4.69) is 10.6 Å². The van der Waals surface area contributed by atoms with E-state index in [1.54, 1.807) is 30.5 Å². The van der Waals surface area contributed by atoms with E-state index in [0.717, 1.165) is 0 Å². The van der Waals surface area contributed by atoms with Crippen LogP contribution in [-0.2, 0) is 17.3 Å². The molecule has 0 spiro atoms. The van der Waals surface area contributed by atoms with Crippen molar-refractivity contribution in [3.63, 3.8) is 0 Å². The van der Waals surface area contributed by atoms with Crippen LogP contribution in [0, 0.1) is 17.1 Å². The summed E-state index contributed by atoms with van der Waals surface area (Å²) < 4.78 is 25.0. The Morgan fingerprint density at radius 2 is 2.09 bits per heavy atom. The van der Waals surface area contributed by atoms with Crippen molar-refractivity contribution in [2.75, 3.05) is 11.6 Å². The summed E-state index contributed by atoms with van der Waals surface area (Å²) >= 11 is 0. The van der Waals surface area contributed by atoms with E-state index in [1.165, 1.54) is 18.2 Å². The fourth-order valence-corrected chi connectivity index (χ4v) is 2.45. The molecule has 0 aliphatic rings. The average molecular weight is 331 g/mol. The molecular weight excluding hydrogens is 317 g/mol. The predicted octanol–water partition coefficient (Wildman–Crippen LogP) is 2.76. The maximum absolute atomic E-state index is 13.6. The van der Waals surface area contributed by atoms with Gasteiger partial charge in [0.05, 0.1) is 11.6 Å². The molecule has 2 aromatic rings. The maximum atomic E-state index is 13.6. The van der Waals surface area contributed by atoms with Gasteiger partial charge in [0, 0.05) is 39.7 Å². The first-order valence-corrected chi connectivity index (χ1v) is 8.22. The fraction of sp³-hybridized carbons (Fsp3) is 0.125. The molecule has 0 aromatic heterocycles. The van der Waals surface area contributed by atoms with Gasteiger partial charge in [0.15, 0.2) is 0 Å². The van der Waals surface area contributed by atoms with Gasteiger partial charge in [-0.1, -0.05) is 6.07 Å². The number of nitrogens with one attached hydrogen (secondary N) is 2. The molecule has 7 heteroatoms.